The summed E-state index contributed by atoms with van der Waals surface area (Å²) in [5.74, 6) is -0.721. The Bertz CT molecular complexity index is 360. The fourth-order valence-corrected chi connectivity index (χ4v) is 1.56. The van der Waals surface area contributed by atoms with Crippen molar-refractivity contribution in [2.75, 3.05) is 6.61 Å². The maximum absolute atomic E-state index is 13.5. The normalized spacial score (nSPS) is 15.1. The van der Waals surface area contributed by atoms with E-state index in [0.717, 1.165) is 12.8 Å². The molecule has 0 saturated heterocycles. The largest absolute Gasteiger partial charge is 0.489 e. The molecule has 1 saturated carbocycles. The van der Waals surface area contributed by atoms with Gasteiger partial charge in [0.15, 0.2) is 0 Å². The molecule has 0 N–H and O–H groups in total. The highest BCUT2D eigenvalue weighted by atomic mass is 19.1. The molecule has 1 aromatic rings. The maximum Gasteiger partial charge on any atom is 0.133 e. The van der Waals surface area contributed by atoms with E-state index in [1.165, 1.54) is 18.2 Å². The van der Waals surface area contributed by atoms with Crippen LogP contribution < -0.4 is 4.74 Å². The minimum Gasteiger partial charge on any atom is -0.489 e. The molecule has 3 heteroatoms. The van der Waals surface area contributed by atoms with Crippen molar-refractivity contribution in [1.29, 1.82) is 0 Å². The maximum atomic E-state index is 13.5. The molecule has 0 amide bonds. The second kappa shape index (κ2) is 4.01. The number of benzene rings is 1. The fourth-order valence-electron chi connectivity index (χ4n) is 1.56. The first-order chi connectivity index (χ1) is 7.22. The molecule has 1 aliphatic carbocycles. The highest BCUT2D eigenvalue weighted by Crippen LogP contribution is 2.43. The number of rotatable bonds is 4. The number of hydrogen-bond donors (Lipinski definition) is 0. The standard InChI is InChI=1S/C12H12F2O/c1-2-5-15-9-6-10(13)12(8-3-4-8)11(14)7-9/h2,6-8H,1,3-5H2. The van der Waals surface area contributed by atoms with Crippen molar-refractivity contribution in [3.63, 3.8) is 0 Å². The summed E-state index contributed by atoms with van der Waals surface area (Å²) < 4.78 is 32.0. The van der Waals surface area contributed by atoms with Crippen LogP contribution in [0.4, 0.5) is 8.78 Å². The van der Waals surface area contributed by atoms with E-state index in [-0.39, 0.29) is 23.8 Å². The average Bonchev–Trinajstić information content (AvgIpc) is 2.97. The van der Waals surface area contributed by atoms with Crippen LogP contribution in [0.5, 0.6) is 5.75 Å². The predicted octanol–water partition coefficient (Wildman–Crippen LogP) is 3.41. The Morgan fingerprint density at radius 2 is 1.93 bits per heavy atom. The lowest BCUT2D eigenvalue weighted by molar-refractivity contribution is 0.357. The van der Waals surface area contributed by atoms with Gasteiger partial charge in [-0.2, -0.15) is 0 Å². The van der Waals surface area contributed by atoms with E-state index < -0.39 is 11.6 Å². The monoisotopic (exact) mass is 210 g/mol. The van der Waals surface area contributed by atoms with Gasteiger partial charge in [-0.3, -0.25) is 0 Å². The van der Waals surface area contributed by atoms with E-state index in [0.29, 0.717) is 0 Å². The molecule has 0 radical (unpaired) electrons. The average molecular weight is 210 g/mol. The van der Waals surface area contributed by atoms with Gasteiger partial charge in [-0.1, -0.05) is 12.7 Å². The SMILES string of the molecule is C=CCOc1cc(F)c(C2CC2)c(F)c1. The van der Waals surface area contributed by atoms with Gasteiger partial charge in [-0.05, 0) is 18.8 Å². The molecule has 15 heavy (non-hydrogen) atoms. The van der Waals surface area contributed by atoms with Crippen molar-refractivity contribution in [1.82, 2.24) is 0 Å². The molecule has 0 unspecified atom stereocenters. The number of ether oxygens (including phenoxy) is 1. The molecule has 1 aromatic carbocycles. The van der Waals surface area contributed by atoms with Gasteiger partial charge in [-0.15, -0.1) is 0 Å². The molecule has 2 rings (SSSR count). The van der Waals surface area contributed by atoms with E-state index in [1.54, 1.807) is 0 Å². The van der Waals surface area contributed by atoms with Gasteiger partial charge in [0.05, 0.1) is 0 Å². The highest BCUT2D eigenvalue weighted by Gasteiger charge is 2.30. The summed E-state index contributed by atoms with van der Waals surface area (Å²) in [5, 5.41) is 0. The van der Waals surface area contributed by atoms with Crippen molar-refractivity contribution in [2.45, 2.75) is 18.8 Å². The zero-order valence-corrected chi connectivity index (χ0v) is 8.30. The first kappa shape index (κ1) is 10.1. The molecule has 1 aliphatic rings. The highest BCUT2D eigenvalue weighted by molar-refractivity contribution is 5.34. The number of hydrogen-bond acceptors (Lipinski definition) is 1. The van der Waals surface area contributed by atoms with Gasteiger partial charge in [0.1, 0.15) is 24.0 Å². The Morgan fingerprint density at radius 3 is 2.40 bits per heavy atom. The van der Waals surface area contributed by atoms with Crippen LogP contribution in [0.15, 0.2) is 24.8 Å². The molecular formula is C12H12F2O. The van der Waals surface area contributed by atoms with Gasteiger partial charge in [0.25, 0.3) is 0 Å². The van der Waals surface area contributed by atoms with E-state index in [2.05, 4.69) is 6.58 Å². The summed E-state index contributed by atoms with van der Waals surface area (Å²) in [7, 11) is 0. The van der Waals surface area contributed by atoms with E-state index in [1.807, 2.05) is 0 Å². The van der Waals surface area contributed by atoms with E-state index in [9.17, 15) is 8.78 Å². The third-order valence-electron chi connectivity index (χ3n) is 2.41. The Kier molecular flexibility index (Phi) is 2.71. The Hall–Kier alpha value is -1.38. The lowest BCUT2D eigenvalue weighted by Gasteiger charge is -2.07. The first-order valence-electron chi connectivity index (χ1n) is 4.95. The lowest BCUT2D eigenvalue weighted by atomic mass is 10.1. The molecular weight excluding hydrogens is 198 g/mol. The zero-order valence-electron chi connectivity index (χ0n) is 8.30. The summed E-state index contributed by atoms with van der Waals surface area (Å²) in [5.41, 5.74) is 0.209. The number of halogens is 2. The minimum absolute atomic E-state index is 0.0680. The molecule has 0 heterocycles. The van der Waals surface area contributed by atoms with Crippen LogP contribution in [-0.2, 0) is 0 Å². The summed E-state index contributed by atoms with van der Waals surface area (Å²) in [4.78, 5) is 0. The van der Waals surface area contributed by atoms with Crippen LogP contribution in [0.2, 0.25) is 0 Å². The van der Waals surface area contributed by atoms with Crippen LogP contribution in [0.3, 0.4) is 0 Å². The summed E-state index contributed by atoms with van der Waals surface area (Å²) >= 11 is 0. The van der Waals surface area contributed by atoms with Crippen LogP contribution >= 0.6 is 0 Å². The van der Waals surface area contributed by atoms with Crippen molar-refractivity contribution >= 4 is 0 Å². The molecule has 0 bridgehead atoms. The minimum atomic E-state index is -0.503. The third kappa shape index (κ3) is 2.17. The van der Waals surface area contributed by atoms with Gasteiger partial charge < -0.3 is 4.74 Å². The summed E-state index contributed by atoms with van der Waals surface area (Å²) in [6.07, 6.45) is 3.28. The van der Waals surface area contributed by atoms with Crippen molar-refractivity contribution in [2.24, 2.45) is 0 Å². The van der Waals surface area contributed by atoms with Gasteiger partial charge in [0.2, 0.25) is 0 Å². The summed E-state index contributed by atoms with van der Waals surface area (Å²) in [6, 6.07) is 2.47. The van der Waals surface area contributed by atoms with Crippen LogP contribution in [0.25, 0.3) is 0 Å². The smallest absolute Gasteiger partial charge is 0.133 e. The zero-order chi connectivity index (χ0) is 10.8. The van der Waals surface area contributed by atoms with Crippen LogP contribution in [0.1, 0.15) is 24.3 Å². The van der Waals surface area contributed by atoms with Crippen LogP contribution in [-0.4, -0.2) is 6.61 Å². The molecule has 1 nitrogen and oxygen atoms in total. The van der Waals surface area contributed by atoms with E-state index >= 15 is 0 Å². The molecule has 0 aliphatic heterocycles. The second-order valence-corrected chi connectivity index (χ2v) is 3.67. The lowest BCUT2D eigenvalue weighted by Crippen LogP contribution is -1.98. The topological polar surface area (TPSA) is 9.23 Å². The van der Waals surface area contributed by atoms with Crippen molar-refractivity contribution in [3.8, 4) is 5.75 Å². The molecule has 1 fully saturated rings. The Morgan fingerprint density at radius 1 is 1.33 bits per heavy atom. The quantitative estimate of drug-likeness (QED) is 0.692. The van der Waals surface area contributed by atoms with Gasteiger partial charge in [0, 0.05) is 17.7 Å². The second-order valence-electron chi connectivity index (χ2n) is 3.67. The fraction of sp³-hybridized carbons (Fsp3) is 0.333. The van der Waals surface area contributed by atoms with Crippen molar-refractivity contribution in [3.05, 3.63) is 42.0 Å². The molecule has 0 spiro atoms. The molecule has 0 atom stereocenters. The Labute approximate surface area is 87.4 Å². The van der Waals surface area contributed by atoms with Crippen molar-refractivity contribution < 1.29 is 13.5 Å². The third-order valence-corrected chi connectivity index (χ3v) is 2.41. The van der Waals surface area contributed by atoms with Gasteiger partial charge in [-0.25, -0.2) is 8.78 Å². The van der Waals surface area contributed by atoms with Gasteiger partial charge >= 0.3 is 0 Å². The molecule has 80 valence electrons. The predicted molar refractivity (Wildman–Crippen MR) is 54.0 cm³/mol. The first-order valence-corrected chi connectivity index (χ1v) is 4.95. The van der Waals surface area contributed by atoms with E-state index in [4.69, 9.17) is 4.74 Å². The summed E-state index contributed by atoms with van der Waals surface area (Å²) in [6.45, 7) is 3.72. The van der Waals surface area contributed by atoms with Crippen LogP contribution in [0, 0.1) is 11.6 Å². The Balaban J connectivity index is 2.25. The molecule has 0 aromatic heterocycles.